The van der Waals surface area contributed by atoms with E-state index in [-0.39, 0.29) is 0 Å². The first-order valence-electron chi connectivity index (χ1n) is 6.38. The summed E-state index contributed by atoms with van der Waals surface area (Å²) in [5.74, 6) is 0.839. The van der Waals surface area contributed by atoms with E-state index in [2.05, 4.69) is 12.1 Å². The zero-order valence-corrected chi connectivity index (χ0v) is 10.6. The fourth-order valence-corrected chi connectivity index (χ4v) is 2.15. The molecule has 1 aromatic carbocycles. The van der Waals surface area contributed by atoms with Gasteiger partial charge in [-0.15, -0.1) is 0 Å². The minimum absolute atomic E-state index is 0.634. The van der Waals surface area contributed by atoms with E-state index < -0.39 is 0 Å². The standard InChI is InChI=1S/C16H17NO/c1-2-18-16-10-6-5-9-14(16)11-15(12-17)13-7-3-4-8-13/h5-7,9-11H,2-4,8H2,1H3/b15-11-. The number of benzene rings is 1. The van der Waals surface area contributed by atoms with Crippen molar-refractivity contribution in [2.24, 2.45) is 0 Å². The maximum absolute atomic E-state index is 9.27. The van der Waals surface area contributed by atoms with Gasteiger partial charge in [-0.3, -0.25) is 0 Å². The molecule has 0 heterocycles. The number of hydrogen-bond donors (Lipinski definition) is 0. The Labute approximate surface area is 108 Å². The normalized spacial score (nSPS) is 15.1. The minimum atomic E-state index is 0.634. The Morgan fingerprint density at radius 1 is 1.44 bits per heavy atom. The Bertz CT molecular complexity index is 520. The molecule has 18 heavy (non-hydrogen) atoms. The summed E-state index contributed by atoms with van der Waals surface area (Å²) in [6, 6.07) is 10.1. The Balaban J connectivity index is 2.33. The highest BCUT2D eigenvalue weighted by Gasteiger charge is 2.10. The molecule has 0 fully saturated rings. The summed E-state index contributed by atoms with van der Waals surface area (Å²) in [5.41, 5.74) is 2.91. The lowest BCUT2D eigenvalue weighted by atomic mass is 10.0. The number of ether oxygens (including phenoxy) is 1. The highest BCUT2D eigenvalue weighted by atomic mass is 16.5. The molecule has 0 unspecified atom stereocenters. The summed E-state index contributed by atoms with van der Waals surface area (Å²) in [5, 5.41) is 9.27. The predicted molar refractivity (Wildman–Crippen MR) is 73.1 cm³/mol. The Hall–Kier alpha value is -2.01. The smallest absolute Gasteiger partial charge is 0.126 e. The van der Waals surface area contributed by atoms with E-state index >= 15 is 0 Å². The molecule has 0 radical (unpaired) electrons. The van der Waals surface area contributed by atoms with Crippen molar-refractivity contribution in [1.29, 1.82) is 5.26 Å². The average molecular weight is 239 g/mol. The predicted octanol–water partition coefficient (Wildman–Crippen LogP) is 4.10. The molecule has 2 heteroatoms. The number of rotatable bonds is 4. The van der Waals surface area contributed by atoms with Crippen molar-refractivity contribution < 1.29 is 4.74 Å². The molecule has 1 aliphatic carbocycles. The Kier molecular flexibility index (Phi) is 4.20. The van der Waals surface area contributed by atoms with Gasteiger partial charge in [-0.1, -0.05) is 24.3 Å². The molecule has 0 aliphatic heterocycles. The molecule has 0 spiro atoms. The van der Waals surface area contributed by atoms with E-state index in [9.17, 15) is 5.26 Å². The van der Waals surface area contributed by atoms with Crippen LogP contribution in [0.1, 0.15) is 31.7 Å². The molecule has 0 atom stereocenters. The number of nitriles is 1. The van der Waals surface area contributed by atoms with E-state index in [0.717, 1.165) is 36.1 Å². The lowest BCUT2D eigenvalue weighted by molar-refractivity contribution is 0.339. The summed E-state index contributed by atoms with van der Waals surface area (Å²) < 4.78 is 5.57. The van der Waals surface area contributed by atoms with Gasteiger partial charge >= 0.3 is 0 Å². The van der Waals surface area contributed by atoms with Crippen LogP contribution in [0.25, 0.3) is 6.08 Å². The average Bonchev–Trinajstić information content (AvgIpc) is 2.92. The van der Waals surface area contributed by atoms with Gasteiger partial charge in [-0.05, 0) is 43.9 Å². The molecule has 1 aromatic rings. The van der Waals surface area contributed by atoms with Gasteiger partial charge in [0.1, 0.15) is 5.75 Å². The van der Waals surface area contributed by atoms with Crippen LogP contribution in [0.4, 0.5) is 0 Å². The number of hydrogen-bond acceptors (Lipinski definition) is 2. The zero-order chi connectivity index (χ0) is 12.8. The molecule has 0 saturated carbocycles. The van der Waals surface area contributed by atoms with Crippen molar-refractivity contribution in [3.8, 4) is 11.8 Å². The Morgan fingerprint density at radius 3 is 2.94 bits per heavy atom. The summed E-state index contributed by atoms with van der Waals surface area (Å²) >= 11 is 0. The molecule has 92 valence electrons. The van der Waals surface area contributed by atoms with Crippen LogP contribution >= 0.6 is 0 Å². The molecular formula is C16H17NO. The van der Waals surface area contributed by atoms with E-state index in [1.54, 1.807) is 0 Å². The lowest BCUT2D eigenvalue weighted by Crippen LogP contribution is -1.94. The third-order valence-electron chi connectivity index (χ3n) is 3.03. The number of allylic oxidation sites excluding steroid dienone is 3. The second-order valence-corrected chi connectivity index (χ2v) is 4.26. The first-order valence-corrected chi connectivity index (χ1v) is 6.38. The monoisotopic (exact) mass is 239 g/mol. The van der Waals surface area contributed by atoms with Gasteiger partial charge in [0.15, 0.2) is 0 Å². The molecular weight excluding hydrogens is 222 g/mol. The number of para-hydroxylation sites is 1. The molecule has 0 bridgehead atoms. The van der Waals surface area contributed by atoms with Crippen LogP contribution in [0.2, 0.25) is 0 Å². The summed E-state index contributed by atoms with van der Waals surface area (Å²) in [4.78, 5) is 0. The van der Waals surface area contributed by atoms with Crippen LogP contribution in [0.15, 0.2) is 41.5 Å². The highest BCUT2D eigenvalue weighted by Crippen LogP contribution is 2.28. The molecule has 1 aliphatic rings. The van der Waals surface area contributed by atoms with Crippen LogP contribution in [0, 0.1) is 11.3 Å². The fraction of sp³-hybridized carbons (Fsp3) is 0.312. The summed E-state index contributed by atoms with van der Waals surface area (Å²) in [7, 11) is 0. The summed E-state index contributed by atoms with van der Waals surface area (Å²) in [6.07, 6.45) is 7.35. The van der Waals surface area contributed by atoms with Crippen LogP contribution in [0.5, 0.6) is 5.75 Å². The van der Waals surface area contributed by atoms with Crippen molar-refractivity contribution in [3.63, 3.8) is 0 Å². The van der Waals surface area contributed by atoms with E-state index in [1.807, 2.05) is 37.3 Å². The summed E-state index contributed by atoms with van der Waals surface area (Å²) in [6.45, 7) is 2.60. The van der Waals surface area contributed by atoms with Gasteiger partial charge in [0.05, 0.1) is 18.2 Å². The first-order chi connectivity index (χ1) is 8.85. The topological polar surface area (TPSA) is 33.0 Å². The van der Waals surface area contributed by atoms with Gasteiger partial charge in [-0.2, -0.15) is 5.26 Å². The van der Waals surface area contributed by atoms with Crippen molar-refractivity contribution in [3.05, 3.63) is 47.1 Å². The third kappa shape index (κ3) is 2.81. The molecule has 0 aromatic heterocycles. The second-order valence-electron chi connectivity index (χ2n) is 4.26. The first kappa shape index (κ1) is 12.4. The SMILES string of the molecule is CCOc1ccccc1/C=C(/C#N)C1=CCCC1. The fourth-order valence-electron chi connectivity index (χ4n) is 2.15. The van der Waals surface area contributed by atoms with Crippen molar-refractivity contribution in [2.45, 2.75) is 26.2 Å². The lowest BCUT2D eigenvalue weighted by Gasteiger charge is -2.07. The van der Waals surface area contributed by atoms with E-state index in [0.29, 0.717) is 6.61 Å². The van der Waals surface area contributed by atoms with Crippen LogP contribution < -0.4 is 4.74 Å². The van der Waals surface area contributed by atoms with Crippen LogP contribution in [-0.2, 0) is 0 Å². The van der Waals surface area contributed by atoms with Gasteiger partial charge in [-0.25, -0.2) is 0 Å². The van der Waals surface area contributed by atoms with Gasteiger partial charge in [0.25, 0.3) is 0 Å². The number of nitrogens with zero attached hydrogens (tertiary/aromatic N) is 1. The minimum Gasteiger partial charge on any atom is -0.493 e. The van der Waals surface area contributed by atoms with Gasteiger partial charge < -0.3 is 4.74 Å². The van der Waals surface area contributed by atoms with Crippen molar-refractivity contribution in [2.75, 3.05) is 6.61 Å². The molecule has 0 N–H and O–H groups in total. The maximum Gasteiger partial charge on any atom is 0.126 e. The van der Waals surface area contributed by atoms with Gasteiger partial charge in [0.2, 0.25) is 0 Å². The molecule has 0 amide bonds. The zero-order valence-electron chi connectivity index (χ0n) is 10.6. The largest absolute Gasteiger partial charge is 0.493 e. The van der Waals surface area contributed by atoms with Crippen molar-refractivity contribution in [1.82, 2.24) is 0 Å². The van der Waals surface area contributed by atoms with Crippen LogP contribution in [0.3, 0.4) is 0 Å². The molecule has 0 saturated heterocycles. The van der Waals surface area contributed by atoms with E-state index in [1.165, 1.54) is 5.57 Å². The maximum atomic E-state index is 9.27. The van der Waals surface area contributed by atoms with Crippen LogP contribution in [-0.4, -0.2) is 6.61 Å². The quantitative estimate of drug-likeness (QED) is 0.741. The van der Waals surface area contributed by atoms with Gasteiger partial charge in [0, 0.05) is 5.56 Å². The van der Waals surface area contributed by atoms with Crippen molar-refractivity contribution >= 4 is 6.08 Å². The second kappa shape index (κ2) is 6.07. The van der Waals surface area contributed by atoms with E-state index in [4.69, 9.17) is 4.74 Å². The Morgan fingerprint density at radius 2 is 2.28 bits per heavy atom. The third-order valence-corrected chi connectivity index (χ3v) is 3.03. The highest BCUT2D eigenvalue weighted by molar-refractivity contribution is 5.67. The molecule has 2 rings (SSSR count). The molecule has 2 nitrogen and oxygen atoms in total.